The third-order valence-electron chi connectivity index (χ3n) is 3.99. The van der Waals surface area contributed by atoms with Crippen LogP contribution in [0.15, 0.2) is 79.0 Å². The minimum absolute atomic E-state index is 0.0868. The first-order valence-electron chi connectivity index (χ1n) is 8.77. The molecule has 1 amide bonds. The number of carbonyl (C=O) groups excluding carboxylic acids is 1. The van der Waals surface area contributed by atoms with Gasteiger partial charge in [0.15, 0.2) is 0 Å². The third-order valence-corrected chi connectivity index (χ3v) is 3.99. The number of hydrogen-bond acceptors (Lipinski definition) is 4. The number of pyridine rings is 1. The van der Waals surface area contributed by atoms with Gasteiger partial charge in [0.25, 0.3) is 5.91 Å². The first-order valence-corrected chi connectivity index (χ1v) is 8.77. The predicted molar refractivity (Wildman–Crippen MR) is 104 cm³/mol. The molecule has 0 fully saturated rings. The van der Waals surface area contributed by atoms with E-state index in [9.17, 15) is 4.79 Å². The monoisotopic (exact) mass is 362 g/mol. The predicted octanol–water partition coefficient (Wildman–Crippen LogP) is 4.16. The Hall–Kier alpha value is -3.18. The molecule has 5 heteroatoms. The van der Waals surface area contributed by atoms with Crippen molar-refractivity contribution in [1.29, 1.82) is 0 Å². The second-order valence-corrected chi connectivity index (χ2v) is 5.98. The van der Waals surface area contributed by atoms with Crippen LogP contribution in [0.3, 0.4) is 0 Å². The van der Waals surface area contributed by atoms with Crippen LogP contribution in [0.2, 0.25) is 0 Å². The first-order chi connectivity index (χ1) is 13.3. The van der Waals surface area contributed by atoms with E-state index >= 15 is 0 Å². The molecule has 0 spiro atoms. The normalized spacial score (nSPS) is 10.4. The zero-order chi connectivity index (χ0) is 18.9. The van der Waals surface area contributed by atoms with Gasteiger partial charge < -0.3 is 14.4 Å². The molecular weight excluding hydrogens is 340 g/mol. The maximum atomic E-state index is 13.0. The van der Waals surface area contributed by atoms with E-state index in [1.54, 1.807) is 30.3 Å². The molecule has 27 heavy (non-hydrogen) atoms. The lowest BCUT2D eigenvalue weighted by Gasteiger charge is -2.22. The Balaban J connectivity index is 1.77. The molecule has 3 aromatic rings. The van der Waals surface area contributed by atoms with Gasteiger partial charge in [-0.3, -0.25) is 9.78 Å². The molecule has 0 aliphatic rings. The number of amides is 1. The van der Waals surface area contributed by atoms with Gasteiger partial charge in [0.1, 0.15) is 11.5 Å². The van der Waals surface area contributed by atoms with Crippen LogP contribution in [-0.4, -0.2) is 36.1 Å². The van der Waals surface area contributed by atoms with Gasteiger partial charge in [0, 0.05) is 25.4 Å². The molecular formula is C22H22N2O3. The van der Waals surface area contributed by atoms with E-state index in [4.69, 9.17) is 9.47 Å². The molecule has 5 nitrogen and oxygen atoms in total. The number of nitrogens with zero attached hydrogens (tertiary/aromatic N) is 2. The van der Waals surface area contributed by atoms with Crippen molar-refractivity contribution in [2.24, 2.45) is 0 Å². The Kier molecular flexibility index (Phi) is 6.55. The standard InChI is InChI=1S/C22H22N2O3/c1-26-15-14-24(17-19-9-5-6-13-23-19)22(25)18-8-7-12-21(16-18)27-20-10-3-2-4-11-20/h2-13,16H,14-15,17H2,1H3. The Morgan fingerprint density at radius 3 is 2.48 bits per heavy atom. The summed E-state index contributed by atoms with van der Waals surface area (Å²) >= 11 is 0. The van der Waals surface area contributed by atoms with E-state index in [1.165, 1.54) is 0 Å². The largest absolute Gasteiger partial charge is 0.457 e. The van der Waals surface area contributed by atoms with E-state index in [1.807, 2.05) is 60.7 Å². The molecule has 0 atom stereocenters. The second kappa shape index (κ2) is 9.50. The van der Waals surface area contributed by atoms with Gasteiger partial charge in [-0.2, -0.15) is 0 Å². The molecule has 0 aliphatic carbocycles. The summed E-state index contributed by atoms with van der Waals surface area (Å²) in [5, 5.41) is 0. The third kappa shape index (κ3) is 5.39. The highest BCUT2D eigenvalue weighted by Gasteiger charge is 2.17. The lowest BCUT2D eigenvalue weighted by atomic mass is 10.1. The van der Waals surface area contributed by atoms with Crippen LogP contribution in [0.5, 0.6) is 11.5 Å². The van der Waals surface area contributed by atoms with E-state index in [-0.39, 0.29) is 5.91 Å². The van der Waals surface area contributed by atoms with Gasteiger partial charge in [0.05, 0.1) is 18.8 Å². The van der Waals surface area contributed by atoms with Gasteiger partial charge in [0.2, 0.25) is 0 Å². The average molecular weight is 362 g/mol. The number of aromatic nitrogens is 1. The van der Waals surface area contributed by atoms with Crippen molar-refractivity contribution >= 4 is 5.91 Å². The molecule has 1 heterocycles. The molecule has 0 unspecified atom stereocenters. The Labute approximate surface area is 159 Å². The molecule has 0 bridgehead atoms. The van der Waals surface area contributed by atoms with E-state index in [0.717, 1.165) is 11.4 Å². The van der Waals surface area contributed by atoms with Crippen molar-refractivity contribution in [1.82, 2.24) is 9.88 Å². The molecule has 0 N–H and O–H groups in total. The van der Waals surface area contributed by atoms with E-state index in [2.05, 4.69) is 4.98 Å². The number of para-hydroxylation sites is 1. The maximum Gasteiger partial charge on any atom is 0.254 e. The molecule has 0 aliphatic heterocycles. The summed E-state index contributed by atoms with van der Waals surface area (Å²) in [4.78, 5) is 19.1. The van der Waals surface area contributed by atoms with Gasteiger partial charge in [-0.15, -0.1) is 0 Å². The fourth-order valence-corrected chi connectivity index (χ4v) is 2.64. The summed E-state index contributed by atoms with van der Waals surface area (Å²) in [5.41, 5.74) is 1.40. The van der Waals surface area contributed by atoms with Crippen molar-refractivity contribution in [3.8, 4) is 11.5 Å². The zero-order valence-corrected chi connectivity index (χ0v) is 15.2. The highest BCUT2D eigenvalue weighted by Crippen LogP contribution is 2.22. The fraction of sp³-hybridized carbons (Fsp3) is 0.182. The molecule has 0 saturated carbocycles. The minimum Gasteiger partial charge on any atom is -0.457 e. The van der Waals surface area contributed by atoms with Gasteiger partial charge in [-0.05, 0) is 42.5 Å². The summed E-state index contributed by atoms with van der Waals surface area (Å²) < 4.78 is 11.0. The summed E-state index contributed by atoms with van der Waals surface area (Å²) in [6, 6.07) is 22.4. The van der Waals surface area contributed by atoms with Crippen LogP contribution in [0.4, 0.5) is 0 Å². The van der Waals surface area contributed by atoms with Gasteiger partial charge in [-0.1, -0.05) is 30.3 Å². The lowest BCUT2D eigenvalue weighted by Crippen LogP contribution is -2.33. The molecule has 0 saturated heterocycles. The van der Waals surface area contributed by atoms with Crippen molar-refractivity contribution in [3.05, 3.63) is 90.3 Å². The van der Waals surface area contributed by atoms with Gasteiger partial charge >= 0.3 is 0 Å². The molecule has 2 aromatic carbocycles. The number of ether oxygens (including phenoxy) is 2. The van der Waals surface area contributed by atoms with Crippen LogP contribution < -0.4 is 4.74 Å². The van der Waals surface area contributed by atoms with E-state index in [0.29, 0.717) is 31.0 Å². The Morgan fingerprint density at radius 2 is 1.74 bits per heavy atom. The zero-order valence-electron chi connectivity index (χ0n) is 15.2. The highest BCUT2D eigenvalue weighted by molar-refractivity contribution is 5.94. The number of hydrogen-bond donors (Lipinski definition) is 0. The van der Waals surface area contributed by atoms with Gasteiger partial charge in [-0.25, -0.2) is 0 Å². The Bertz CT molecular complexity index is 854. The first kappa shape index (κ1) is 18.6. The minimum atomic E-state index is -0.0868. The number of benzene rings is 2. The summed E-state index contributed by atoms with van der Waals surface area (Å²) in [6.45, 7) is 1.36. The quantitative estimate of drug-likeness (QED) is 0.604. The number of carbonyl (C=O) groups is 1. The van der Waals surface area contributed by atoms with Crippen molar-refractivity contribution < 1.29 is 14.3 Å². The topological polar surface area (TPSA) is 51.7 Å². The summed E-state index contributed by atoms with van der Waals surface area (Å²) in [5.74, 6) is 1.26. The van der Waals surface area contributed by atoms with E-state index < -0.39 is 0 Å². The number of methoxy groups -OCH3 is 1. The van der Waals surface area contributed by atoms with Crippen LogP contribution in [-0.2, 0) is 11.3 Å². The van der Waals surface area contributed by atoms with Crippen LogP contribution in [0, 0.1) is 0 Å². The van der Waals surface area contributed by atoms with Crippen LogP contribution in [0.1, 0.15) is 16.1 Å². The van der Waals surface area contributed by atoms with Crippen molar-refractivity contribution in [3.63, 3.8) is 0 Å². The smallest absolute Gasteiger partial charge is 0.254 e. The van der Waals surface area contributed by atoms with Crippen LogP contribution in [0.25, 0.3) is 0 Å². The second-order valence-electron chi connectivity index (χ2n) is 5.98. The average Bonchev–Trinajstić information content (AvgIpc) is 2.72. The summed E-state index contributed by atoms with van der Waals surface area (Å²) in [7, 11) is 1.62. The Morgan fingerprint density at radius 1 is 0.963 bits per heavy atom. The lowest BCUT2D eigenvalue weighted by molar-refractivity contribution is 0.0677. The highest BCUT2D eigenvalue weighted by atomic mass is 16.5. The van der Waals surface area contributed by atoms with Crippen molar-refractivity contribution in [2.75, 3.05) is 20.3 Å². The molecule has 3 rings (SSSR count). The molecule has 138 valence electrons. The maximum absolute atomic E-state index is 13.0. The fourth-order valence-electron chi connectivity index (χ4n) is 2.64. The summed E-state index contributed by atoms with van der Waals surface area (Å²) in [6.07, 6.45) is 1.72. The molecule has 1 aromatic heterocycles. The molecule has 0 radical (unpaired) electrons. The van der Waals surface area contributed by atoms with Crippen LogP contribution >= 0.6 is 0 Å². The number of rotatable bonds is 8. The van der Waals surface area contributed by atoms with Crippen molar-refractivity contribution in [2.45, 2.75) is 6.54 Å². The SMILES string of the molecule is COCCN(Cc1ccccn1)C(=O)c1cccc(Oc2ccccc2)c1.